The van der Waals surface area contributed by atoms with Gasteiger partial charge >= 0.3 is 0 Å². The lowest BCUT2D eigenvalue weighted by Gasteiger charge is -2.22. The molecule has 0 aromatic heterocycles. The van der Waals surface area contributed by atoms with Crippen LogP contribution in [0.3, 0.4) is 0 Å². The number of nitrogens with one attached hydrogen (secondary N) is 3. The van der Waals surface area contributed by atoms with E-state index in [1.807, 2.05) is 0 Å². The van der Waals surface area contributed by atoms with Crippen molar-refractivity contribution >= 4 is 29.6 Å². The van der Waals surface area contributed by atoms with Crippen LogP contribution in [0.2, 0.25) is 0 Å². The summed E-state index contributed by atoms with van der Waals surface area (Å²) in [6.07, 6.45) is 9.46. The maximum atomic E-state index is 12.7. The quantitative estimate of drug-likeness (QED) is 0.0457. The Morgan fingerprint density at radius 1 is 0.615 bits per heavy atom. The molecule has 13 nitrogen and oxygen atoms in total. The lowest BCUT2D eigenvalue weighted by atomic mass is 10.1. The van der Waals surface area contributed by atoms with Crippen LogP contribution in [-0.4, -0.2) is 86.9 Å². The fraction of sp³-hybridized carbons (Fsp3) is 0.808. The van der Waals surface area contributed by atoms with Gasteiger partial charge in [-0.05, 0) is 45.2 Å². The third kappa shape index (κ3) is 25.0. The molecule has 226 valence electrons. The molecule has 13 heteroatoms. The monoisotopic (exact) mass is 554 g/mol. The summed E-state index contributed by atoms with van der Waals surface area (Å²) in [7, 11) is 0. The molecule has 0 aliphatic heterocycles. The number of carbonyl (C=O) groups is 3. The van der Waals surface area contributed by atoms with E-state index in [1.54, 1.807) is 4.90 Å². The van der Waals surface area contributed by atoms with Crippen molar-refractivity contribution in [3.05, 3.63) is 0 Å². The van der Waals surface area contributed by atoms with Gasteiger partial charge in [0.2, 0.25) is 17.7 Å². The number of hydrogen-bond acceptors (Lipinski definition) is 6. The number of carbonyl (C=O) groups excluding carboxylic acids is 3. The van der Waals surface area contributed by atoms with Gasteiger partial charge in [0.15, 0.2) is 11.9 Å². The van der Waals surface area contributed by atoms with Crippen LogP contribution >= 0.6 is 0 Å². The van der Waals surface area contributed by atoms with Crippen molar-refractivity contribution in [2.75, 3.05) is 52.4 Å². The van der Waals surface area contributed by atoms with Gasteiger partial charge in [-0.1, -0.05) is 32.6 Å². The number of unbranched alkanes of at least 4 members (excludes halogenated alkanes) is 4. The highest BCUT2D eigenvalue weighted by Crippen LogP contribution is 2.05. The summed E-state index contributed by atoms with van der Waals surface area (Å²) >= 11 is 0. The van der Waals surface area contributed by atoms with Crippen molar-refractivity contribution < 1.29 is 14.4 Å². The predicted octanol–water partition coefficient (Wildman–Crippen LogP) is -0.115. The van der Waals surface area contributed by atoms with E-state index in [-0.39, 0.29) is 42.5 Å². The summed E-state index contributed by atoms with van der Waals surface area (Å²) in [4.78, 5) is 46.2. The Morgan fingerprint density at radius 2 is 1.13 bits per heavy atom. The molecule has 0 aliphatic carbocycles. The molecule has 0 aromatic carbocycles. The van der Waals surface area contributed by atoms with Crippen LogP contribution in [0.4, 0.5) is 0 Å². The molecule has 0 saturated carbocycles. The van der Waals surface area contributed by atoms with E-state index >= 15 is 0 Å². The van der Waals surface area contributed by atoms with Crippen LogP contribution < -0.4 is 38.9 Å². The Kier molecular flexibility index (Phi) is 23.2. The molecule has 3 amide bonds. The Hall–Kier alpha value is -3.09. The molecule has 0 rings (SSSR count). The second-order valence-electron chi connectivity index (χ2n) is 9.52. The smallest absolute Gasteiger partial charge is 0.223 e. The number of amides is 3. The van der Waals surface area contributed by atoms with E-state index in [9.17, 15) is 14.4 Å². The fourth-order valence-electron chi connectivity index (χ4n) is 3.75. The van der Waals surface area contributed by atoms with Crippen LogP contribution in [0.25, 0.3) is 0 Å². The highest BCUT2D eigenvalue weighted by Gasteiger charge is 2.14. The van der Waals surface area contributed by atoms with Crippen LogP contribution in [0.5, 0.6) is 0 Å². The number of nitrogens with two attached hydrogens (primary N) is 4. The first-order chi connectivity index (χ1) is 18.8. The van der Waals surface area contributed by atoms with Crippen molar-refractivity contribution in [2.24, 2.45) is 32.9 Å². The summed E-state index contributed by atoms with van der Waals surface area (Å²) in [5, 5.41) is 9.13. The lowest BCUT2D eigenvalue weighted by Crippen LogP contribution is -2.35. The highest BCUT2D eigenvalue weighted by atomic mass is 16.2. The molecular weight excluding hydrogens is 500 g/mol. The second kappa shape index (κ2) is 25.2. The van der Waals surface area contributed by atoms with Crippen molar-refractivity contribution in [2.45, 2.75) is 84.0 Å². The summed E-state index contributed by atoms with van der Waals surface area (Å²) < 4.78 is 0. The lowest BCUT2D eigenvalue weighted by molar-refractivity contribution is -0.133. The molecule has 0 saturated heterocycles. The van der Waals surface area contributed by atoms with Gasteiger partial charge in [-0.25, -0.2) is 0 Å². The Labute approximate surface area is 234 Å². The molecule has 0 unspecified atom stereocenters. The van der Waals surface area contributed by atoms with Gasteiger partial charge in [0.1, 0.15) is 0 Å². The third-order valence-corrected chi connectivity index (χ3v) is 5.89. The molecule has 0 heterocycles. The average molecular weight is 555 g/mol. The molecule has 11 N–H and O–H groups in total. The minimum Gasteiger partial charge on any atom is -0.370 e. The molecule has 0 radical (unpaired) electrons. The molecule has 0 aliphatic rings. The van der Waals surface area contributed by atoms with Gasteiger partial charge in [0.05, 0.1) is 0 Å². The average Bonchev–Trinajstić information content (AvgIpc) is 2.89. The summed E-state index contributed by atoms with van der Waals surface area (Å²) in [6.45, 7) is 6.76. The third-order valence-electron chi connectivity index (χ3n) is 5.89. The number of aliphatic imine (C=N–C) groups is 2. The van der Waals surface area contributed by atoms with E-state index < -0.39 is 0 Å². The molecule has 0 aromatic rings. The fourth-order valence-corrected chi connectivity index (χ4v) is 3.75. The number of hydrogen-bond donors (Lipinski definition) is 7. The Bertz CT molecular complexity index is 699. The van der Waals surface area contributed by atoms with Crippen molar-refractivity contribution in [1.29, 1.82) is 0 Å². The Morgan fingerprint density at radius 3 is 1.64 bits per heavy atom. The van der Waals surface area contributed by atoms with E-state index in [0.717, 1.165) is 38.8 Å². The molecule has 0 atom stereocenters. The van der Waals surface area contributed by atoms with Crippen molar-refractivity contribution in [3.8, 4) is 0 Å². The Balaban J connectivity index is 3.96. The van der Waals surface area contributed by atoms with E-state index in [1.165, 1.54) is 19.3 Å². The predicted molar refractivity (Wildman–Crippen MR) is 158 cm³/mol. The second-order valence-corrected chi connectivity index (χ2v) is 9.52. The van der Waals surface area contributed by atoms with Gasteiger partial charge in [-0.3, -0.25) is 24.4 Å². The largest absolute Gasteiger partial charge is 0.370 e. The standard InChI is InChI=1S/C26H54N10O3/c1-2-3-4-5-6-11-22(37)32-16-7-14-31-15-8-17-33-23(38)12-13-24(39)36(20-9-18-34-25(27)28)21-10-19-35-26(29)30/h31H,2-21H2,1H3,(H,32,37)(H,33,38)(H4,27,28,34)(H4,29,30,35). The zero-order valence-electron chi connectivity index (χ0n) is 24.0. The first-order valence-electron chi connectivity index (χ1n) is 14.4. The van der Waals surface area contributed by atoms with Gasteiger partial charge in [0, 0.05) is 58.5 Å². The summed E-state index contributed by atoms with van der Waals surface area (Å²) in [5.74, 6) is -0.0983. The number of guanidine groups is 2. The summed E-state index contributed by atoms with van der Waals surface area (Å²) in [5.41, 5.74) is 21.4. The van der Waals surface area contributed by atoms with Crippen LogP contribution in [0.15, 0.2) is 9.98 Å². The van der Waals surface area contributed by atoms with Gasteiger partial charge in [-0.15, -0.1) is 0 Å². The molecule has 0 spiro atoms. The van der Waals surface area contributed by atoms with Gasteiger partial charge < -0.3 is 43.8 Å². The zero-order valence-corrected chi connectivity index (χ0v) is 24.0. The number of nitrogens with zero attached hydrogens (tertiary/aromatic N) is 3. The minimum atomic E-state index is -0.151. The highest BCUT2D eigenvalue weighted by molar-refractivity contribution is 5.83. The van der Waals surface area contributed by atoms with Crippen LogP contribution in [-0.2, 0) is 14.4 Å². The maximum absolute atomic E-state index is 12.7. The van der Waals surface area contributed by atoms with Gasteiger partial charge in [0.25, 0.3) is 0 Å². The molecule has 39 heavy (non-hydrogen) atoms. The van der Waals surface area contributed by atoms with Crippen molar-refractivity contribution in [1.82, 2.24) is 20.9 Å². The maximum Gasteiger partial charge on any atom is 0.223 e. The normalized spacial score (nSPS) is 10.5. The first-order valence-corrected chi connectivity index (χ1v) is 14.4. The van der Waals surface area contributed by atoms with E-state index in [4.69, 9.17) is 22.9 Å². The topological polar surface area (TPSA) is 219 Å². The minimum absolute atomic E-state index is 0.0137. The van der Waals surface area contributed by atoms with Crippen molar-refractivity contribution in [3.63, 3.8) is 0 Å². The molecule has 0 fully saturated rings. The molecule has 0 bridgehead atoms. The first kappa shape index (κ1) is 35.9. The molecular formula is C26H54N10O3. The van der Waals surface area contributed by atoms with E-state index in [0.29, 0.717) is 58.5 Å². The van der Waals surface area contributed by atoms with Gasteiger partial charge in [-0.2, -0.15) is 0 Å². The SMILES string of the molecule is CCCCCCCC(=O)NCCCNCCCNC(=O)CCC(=O)N(CCCN=C(N)N)CCCN=C(N)N. The van der Waals surface area contributed by atoms with E-state index in [2.05, 4.69) is 32.9 Å². The van der Waals surface area contributed by atoms with Crippen LogP contribution in [0, 0.1) is 0 Å². The van der Waals surface area contributed by atoms with Crippen LogP contribution in [0.1, 0.15) is 84.0 Å². The zero-order chi connectivity index (χ0) is 29.1. The summed E-state index contributed by atoms with van der Waals surface area (Å²) in [6, 6.07) is 0. The number of rotatable bonds is 25.